The Hall–Kier alpha value is -0.190. The van der Waals surface area contributed by atoms with Gasteiger partial charge in [0.2, 0.25) is 0 Å². The van der Waals surface area contributed by atoms with E-state index in [1.54, 1.807) is 18.3 Å². The Kier molecular flexibility index (Phi) is 3.82. The summed E-state index contributed by atoms with van der Waals surface area (Å²) in [6.07, 6.45) is 0. The molecule has 16 heavy (non-hydrogen) atoms. The molecule has 0 fully saturated rings. The minimum atomic E-state index is -0.159. The van der Waals surface area contributed by atoms with Gasteiger partial charge in [-0.3, -0.25) is 0 Å². The normalized spacial score (nSPS) is 12.8. The summed E-state index contributed by atoms with van der Waals surface area (Å²) < 4.78 is 14.2. The van der Waals surface area contributed by atoms with Crippen molar-refractivity contribution in [3.8, 4) is 0 Å². The van der Waals surface area contributed by atoms with Crippen LogP contribution in [0.3, 0.4) is 0 Å². The van der Waals surface area contributed by atoms with Crippen molar-refractivity contribution in [1.29, 1.82) is 0 Å². The maximum atomic E-state index is 13.2. The summed E-state index contributed by atoms with van der Waals surface area (Å²) in [6, 6.07) is 7.22. The summed E-state index contributed by atoms with van der Waals surface area (Å²) in [5, 5.41) is 2.03. The van der Waals surface area contributed by atoms with E-state index in [0.717, 1.165) is 10.0 Å². The fourth-order valence-corrected chi connectivity index (χ4v) is 4.23. The minimum absolute atomic E-state index is 0.112. The second-order valence-corrected chi connectivity index (χ2v) is 6.22. The fraction of sp³-hybridized carbons (Fsp3) is 0.167. The Morgan fingerprint density at radius 1 is 1.31 bits per heavy atom. The molecule has 84 valence electrons. The first-order valence-electron chi connectivity index (χ1n) is 4.72. The first-order chi connectivity index (χ1) is 7.59. The quantitative estimate of drug-likeness (QED) is 0.623. The lowest BCUT2D eigenvalue weighted by Gasteiger charge is -2.10. The Morgan fingerprint density at radius 3 is 2.62 bits per heavy atom. The standard InChI is InChI=1S/C12H9Br2FS/c1-7-6-8(2-3-10(7)15)11(14)12-9(13)4-5-16-12/h2-6,11H,1H3. The maximum absolute atomic E-state index is 13.2. The van der Waals surface area contributed by atoms with Crippen molar-refractivity contribution in [2.75, 3.05) is 0 Å². The van der Waals surface area contributed by atoms with Crippen molar-refractivity contribution >= 4 is 43.2 Å². The molecule has 2 rings (SSSR count). The molecule has 0 amide bonds. The lowest BCUT2D eigenvalue weighted by molar-refractivity contribution is 0.618. The van der Waals surface area contributed by atoms with Crippen LogP contribution >= 0.6 is 43.2 Å². The van der Waals surface area contributed by atoms with E-state index in [9.17, 15) is 4.39 Å². The van der Waals surface area contributed by atoms with Crippen LogP contribution in [0.2, 0.25) is 0 Å². The predicted molar refractivity (Wildman–Crippen MR) is 73.9 cm³/mol. The summed E-state index contributed by atoms with van der Waals surface area (Å²) >= 11 is 8.82. The van der Waals surface area contributed by atoms with E-state index >= 15 is 0 Å². The van der Waals surface area contributed by atoms with Gasteiger partial charge in [0.15, 0.2) is 0 Å². The number of halogens is 3. The van der Waals surface area contributed by atoms with Gasteiger partial charge >= 0.3 is 0 Å². The zero-order valence-corrected chi connectivity index (χ0v) is 12.5. The van der Waals surface area contributed by atoms with Gasteiger partial charge in [0.25, 0.3) is 0 Å². The van der Waals surface area contributed by atoms with Gasteiger partial charge in [-0.05, 0) is 51.5 Å². The molecule has 2 aromatic rings. The van der Waals surface area contributed by atoms with Gasteiger partial charge in [-0.15, -0.1) is 11.3 Å². The predicted octanol–water partition coefficient (Wildman–Crippen LogP) is 5.44. The number of rotatable bonds is 2. The molecule has 0 saturated heterocycles. The third-order valence-corrected chi connectivity index (χ3v) is 5.57. The second-order valence-electron chi connectivity index (χ2n) is 3.50. The zero-order chi connectivity index (χ0) is 11.7. The highest BCUT2D eigenvalue weighted by Crippen LogP contribution is 2.39. The molecular weight excluding hydrogens is 355 g/mol. The van der Waals surface area contributed by atoms with Gasteiger partial charge in [-0.25, -0.2) is 4.39 Å². The topological polar surface area (TPSA) is 0 Å². The van der Waals surface area contributed by atoms with E-state index in [4.69, 9.17) is 0 Å². The Balaban J connectivity index is 2.38. The van der Waals surface area contributed by atoms with Crippen LogP contribution in [0, 0.1) is 12.7 Å². The van der Waals surface area contributed by atoms with Crippen LogP contribution in [0.1, 0.15) is 20.8 Å². The fourth-order valence-electron chi connectivity index (χ4n) is 1.46. The molecule has 0 N–H and O–H groups in total. The van der Waals surface area contributed by atoms with E-state index in [0.29, 0.717) is 5.56 Å². The van der Waals surface area contributed by atoms with Gasteiger partial charge in [0, 0.05) is 9.35 Å². The molecule has 4 heteroatoms. The maximum Gasteiger partial charge on any atom is 0.126 e. The van der Waals surface area contributed by atoms with Crippen molar-refractivity contribution in [3.05, 3.63) is 55.9 Å². The van der Waals surface area contributed by atoms with Crippen LogP contribution in [0.4, 0.5) is 4.39 Å². The first-order valence-corrected chi connectivity index (χ1v) is 7.31. The summed E-state index contributed by atoms with van der Waals surface area (Å²) in [5.74, 6) is -0.159. The minimum Gasteiger partial charge on any atom is -0.207 e. The van der Waals surface area contributed by atoms with Crippen molar-refractivity contribution < 1.29 is 4.39 Å². The molecule has 1 aromatic heterocycles. The van der Waals surface area contributed by atoms with Crippen LogP contribution in [0.15, 0.2) is 34.1 Å². The Labute approximate surface area is 115 Å². The van der Waals surface area contributed by atoms with Crippen LogP contribution in [0.25, 0.3) is 0 Å². The average molecular weight is 364 g/mol. The zero-order valence-electron chi connectivity index (χ0n) is 8.51. The molecule has 0 aliphatic heterocycles. The monoisotopic (exact) mass is 362 g/mol. The molecule has 1 unspecified atom stereocenters. The second kappa shape index (κ2) is 4.98. The number of alkyl halides is 1. The lowest BCUT2D eigenvalue weighted by atomic mass is 10.1. The number of thiophene rings is 1. The largest absolute Gasteiger partial charge is 0.207 e. The summed E-state index contributed by atoms with van der Waals surface area (Å²) in [4.78, 5) is 1.31. The van der Waals surface area contributed by atoms with Crippen molar-refractivity contribution in [2.45, 2.75) is 11.8 Å². The highest BCUT2D eigenvalue weighted by Gasteiger charge is 2.15. The molecule has 1 heterocycles. The van der Waals surface area contributed by atoms with Gasteiger partial charge in [0.05, 0.1) is 4.83 Å². The molecule has 0 radical (unpaired) electrons. The Bertz CT molecular complexity index is 507. The van der Waals surface area contributed by atoms with Crippen LogP contribution < -0.4 is 0 Å². The molecule has 0 bridgehead atoms. The van der Waals surface area contributed by atoms with Crippen LogP contribution in [0.5, 0.6) is 0 Å². The SMILES string of the molecule is Cc1cc(C(Br)c2sccc2Br)ccc1F. The van der Waals surface area contributed by atoms with Crippen LogP contribution in [-0.4, -0.2) is 0 Å². The smallest absolute Gasteiger partial charge is 0.126 e. The summed E-state index contributed by atoms with van der Waals surface area (Å²) in [6.45, 7) is 1.78. The lowest BCUT2D eigenvalue weighted by Crippen LogP contribution is -1.93. The van der Waals surface area contributed by atoms with Gasteiger partial charge in [0.1, 0.15) is 5.82 Å². The van der Waals surface area contributed by atoms with Gasteiger partial charge in [-0.2, -0.15) is 0 Å². The van der Waals surface area contributed by atoms with Crippen molar-refractivity contribution in [3.63, 3.8) is 0 Å². The average Bonchev–Trinajstić information content (AvgIpc) is 2.67. The summed E-state index contributed by atoms with van der Waals surface area (Å²) in [7, 11) is 0. The molecule has 0 spiro atoms. The van der Waals surface area contributed by atoms with E-state index in [1.165, 1.54) is 10.9 Å². The number of benzene rings is 1. The molecule has 0 aliphatic carbocycles. The van der Waals surface area contributed by atoms with E-state index in [1.807, 2.05) is 23.6 Å². The third-order valence-electron chi connectivity index (χ3n) is 2.35. The van der Waals surface area contributed by atoms with Gasteiger partial charge < -0.3 is 0 Å². The highest BCUT2D eigenvalue weighted by molar-refractivity contribution is 9.11. The highest BCUT2D eigenvalue weighted by atomic mass is 79.9. The van der Waals surface area contributed by atoms with E-state index < -0.39 is 0 Å². The van der Waals surface area contributed by atoms with Crippen molar-refractivity contribution in [2.24, 2.45) is 0 Å². The van der Waals surface area contributed by atoms with E-state index in [2.05, 4.69) is 31.9 Å². The molecule has 0 nitrogen and oxygen atoms in total. The van der Waals surface area contributed by atoms with E-state index in [-0.39, 0.29) is 10.6 Å². The Morgan fingerprint density at radius 2 is 2.06 bits per heavy atom. The molecule has 1 aromatic carbocycles. The number of aryl methyl sites for hydroxylation is 1. The molecule has 0 aliphatic rings. The summed E-state index contributed by atoms with van der Waals surface area (Å²) in [5.41, 5.74) is 1.75. The molecule has 1 atom stereocenters. The van der Waals surface area contributed by atoms with Crippen molar-refractivity contribution in [1.82, 2.24) is 0 Å². The first kappa shape index (κ1) is 12.3. The number of hydrogen-bond acceptors (Lipinski definition) is 1. The van der Waals surface area contributed by atoms with Crippen LogP contribution in [-0.2, 0) is 0 Å². The number of hydrogen-bond donors (Lipinski definition) is 0. The van der Waals surface area contributed by atoms with Gasteiger partial charge in [-0.1, -0.05) is 28.1 Å². The molecular formula is C12H9Br2FS. The third kappa shape index (κ3) is 2.39. The molecule has 0 saturated carbocycles.